The van der Waals surface area contributed by atoms with Gasteiger partial charge in [0, 0.05) is 18.3 Å². The number of fused-ring (bicyclic) bond motifs is 1. The molecule has 0 aliphatic carbocycles. The lowest BCUT2D eigenvalue weighted by molar-refractivity contribution is 0.238. The third-order valence-electron chi connectivity index (χ3n) is 4.58. The molecule has 152 valence electrons. The summed E-state index contributed by atoms with van der Waals surface area (Å²) in [6, 6.07) is 14.0. The van der Waals surface area contributed by atoms with E-state index in [-0.39, 0.29) is 17.9 Å². The van der Waals surface area contributed by atoms with Crippen LogP contribution >= 0.6 is 23.7 Å². The molecule has 0 saturated carbocycles. The Morgan fingerprint density at radius 3 is 2.50 bits per heavy atom. The minimum atomic E-state index is 0. The number of methoxy groups -OCH3 is 1. The fraction of sp³-hybridized carbons (Fsp3) is 0.350. The second kappa shape index (κ2) is 10.5. The maximum Gasteiger partial charge on any atom is 0.188 e. The highest BCUT2D eigenvalue weighted by Crippen LogP contribution is 2.31. The topological polar surface area (TPSA) is 78.1 Å². The summed E-state index contributed by atoms with van der Waals surface area (Å²) in [6.07, 6.45) is 2.64. The van der Waals surface area contributed by atoms with E-state index < -0.39 is 0 Å². The Hall–Kier alpha value is -2.06. The van der Waals surface area contributed by atoms with Crippen molar-refractivity contribution in [1.29, 1.82) is 0 Å². The van der Waals surface area contributed by atoms with Crippen LogP contribution in [-0.4, -0.2) is 48.7 Å². The molecule has 2 aromatic carbocycles. The van der Waals surface area contributed by atoms with Crippen LogP contribution in [0.25, 0.3) is 10.2 Å². The Labute approximate surface area is 175 Å². The third kappa shape index (κ3) is 5.48. The van der Waals surface area contributed by atoms with E-state index in [1.165, 1.54) is 25.9 Å². The minimum absolute atomic E-state index is 0. The average molecular weight is 424 g/mol. The predicted octanol–water partition coefficient (Wildman–Crippen LogP) is 4.12. The molecule has 3 N–H and O–H groups in total. The summed E-state index contributed by atoms with van der Waals surface area (Å²) >= 11 is 1.63. The summed E-state index contributed by atoms with van der Waals surface area (Å²) in [5.41, 5.74) is 1.95. The zero-order valence-electron chi connectivity index (χ0n) is 15.8. The lowest BCUT2D eigenvalue weighted by Gasteiger charge is -2.15. The fourth-order valence-electron chi connectivity index (χ4n) is 3.14. The Kier molecular flexibility index (Phi) is 8.32. The van der Waals surface area contributed by atoms with Gasteiger partial charge in [0.1, 0.15) is 18.1 Å². The number of rotatable bonds is 7. The summed E-state index contributed by atoms with van der Waals surface area (Å²) in [7, 11) is 1.67. The van der Waals surface area contributed by atoms with E-state index in [2.05, 4.69) is 15.2 Å². The van der Waals surface area contributed by atoms with Crippen LogP contribution in [0.15, 0.2) is 42.5 Å². The molecule has 0 spiro atoms. The van der Waals surface area contributed by atoms with E-state index in [0.717, 1.165) is 45.7 Å². The number of aromatic nitrogens is 1. The minimum Gasteiger partial charge on any atom is -0.497 e. The Balaban J connectivity index is 0.00000140. The highest BCUT2D eigenvalue weighted by Gasteiger charge is 2.10. The summed E-state index contributed by atoms with van der Waals surface area (Å²) in [5, 5.41) is 4.23. The van der Waals surface area contributed by atoms with E-state index >= 15 is 0 Å². The molecule has 1 aliphatic heterocycles. The molecule has 8 heteroatoms. The average Bonchev–Trinajstić information content (AvgIpc) is 3.31. The number of anilines is 2. The Bertz CT molecular complexity index is 867. The maximum absolute atomic E-state index is 5.85. The summed E-state index contributed by atoms with van der Waals surface area (Å²) in [6.45, 7) is 4.17. The van der Waals surface area contributed by atoms with Gasteiger partial charge in [0.05, 0.1) is 17.3 Å². The zero-order valence-corrected chi connectivity index (χ0v) is 17.4. The zero-order chi connectivity index (χ0) is 17.8. The Morgan fingerprint density at radius 1 is 1.07 bits per heavy atom. The van der Waals surface area contributed by atoms with Crippen LogP contribution in [0, 0.1) is 0 Å². The van der Waals surface area contributed by atoms with Gasteiger partial charge in [0.25, 0.3) is 0 Å². The molecule has 3 aromatic rings. The smallest absolute Gasteiger partial charge is 0.188 e. The molecule has 1 fully saturated rings. The highest BCUT2D eigenvalue weighted by molar-refractivity contribution is 7.22. The molecule has 1 aliphatic rings. The first kappa shape index (κ1) is 22.2. The molecular formula is C20H26ClN3O3S. The van der Waals surface area contributed by atoms with Crippen molar-refractivity contribution in [1.82, 2.24) is 9.88 Å². The molecule has 0 amide bonds. The van der Waals surface area contributed by atoms with E-state index in [4.69, 9.17) is 9.47 Å². The maximum atomic E-state index is 5.85. The summed E-state index contributed by atoms with van der Waals surface area (Å²) < 4.78 is 12.2. The fourth-order valence-corrected chi connectivity index (χ4v) is 4.01. The van der Waals surface area contributed by atoms with E-state index in [0.29, 0.717) is 0 Å². The first-order valence-corrected chi connectivity index (χ1v) is 9.79. The first-order valence-electron chi connectivity index (χ1n) is 8.97. The number of hydrogen-bond acceptors (Lipinski definition) is 6. The van der Waals surface area contributed by atoms with Crippen LogP contribution in [0.4, 0.5) is 10.8 Å². The van der Waals surface area contributed by atoms with Crippen LogP contribution in [0.1, 0.15) is 12.8 Å². The molecule has 28 heavy (non-hydrogen) atoms. The van der Waals surface area contributed by atoms with Gasteiger partial charge in [0.2, 0.25) is 0 Å². The van der Waals surface area contributed by atoms with E-state index in [9.17, 15) is 0 Å². The molecular weight excluding hydrogens is 398 g/mol. The van der Waals surface area contributed by atoms with Crippen LogP contribution in [-0.2, 0) is 0 Å². The van der Waals surface area contributed by atoms with Crippen molar-refractivity contribution in [2.45, 2.75) is 12.8 Å². The molecule has 0 unspecified atom stereocenters. The molecule has 1 saturated heterocycles. The molecule has 0 bridgehead atoms. The molecule has 0 atom stereocenters. The van der Waals surface area contributed by atoms with Crippen molar-refractivity contribution < 1.29 is 14.9 Å². The van der Waals surface area contributed by atoms with Gasteiger partial charge in [-0.3, -0.25) is 4.90 Å². The number of benzene rings is 2. The van der Waals surface area contributed by atoms with Crippen LogP contribution < -0.4 is 14.8 Å². The molecule has 6 nitrogen and oxygen atoms in total. The molecule has 4 rings (SSSR count). The lowest BCUT2D eigenvalue weighted by atomic mass is 10.3. The predicted molar refractivity (Wildman–Crippen MR) is 118 cm³/mol. The van der Waals surface area contributed by atoms with Gasteiger partial charge in [-0.15, -0.1) is 12.4 Å². The molecule has 0 radical (unpaired) electrons. The van der Waals surface area contributed by atoms with Crippen molar-refractivity contribution in [2.24, 2.45) is 0 Å². The van der Waals surface area contributed by atoms with Crippen LogP contribution in [0.3, 0.4) is 0 Å². The lowest BCUT2D eigenvalue weighted by Crippen LogP contribution is -2.25. The normalized spacial score (nSPS) is 13.6. The third-order valence-corrected chi connectivity index (χ3v) is 5.53. The second-order valence-corrected chi connectivity index (χ2v) is 7.43. The van der Waals surface area contributed by atoms with Gasteiger partial charge >= 0.3 is 0 Å². The van der Waals surface area contributed by atoms with Gasteiger partial charge in [-0.05, 0) is 62.3 Å². The second-order valence-electron chi connectivity index (χ2n) is 6.40. The Morgan fingerprint density at radius 2 is 1.79 bits per heavy atom. The SMILES string of the molecule is COc1ccc2sc(Nc3ccc(OCCN4CCCC4)cc3)nc2c1.Cl.O. The number of halogens is 1. The summed E-state index contributed by atoms with van der Waals surface area (Å²) in [5.74, 6) is 1.73. The quantitative estimate of drug-likeness (QED) is 0.618. The van der Waals surface area contributed by atoms with Crippen molar-refractivity contribution in [3.63, 3.8) is 0 Å². The summed E-state index contributed by atoms with van der Waals surface area (Å²) in [4.78, 5) is 7.08. The van der Waals surface area contributed by atoms with Gasteiger partial charge in [-0.2, -0.15) is 0 Å². The van der Waals surface area contributed by atoms with Crippen molar-refractivity contribution in [2.75, 3.05) is 38.7 Å². The van der Waals surface area contributed by atoms with Crippen molar-refractivity contribution in [3.05, 3.63) is 42.5 Å². The number of nitrogens with one attached hydrogen (secondary N) is 1. The van der Waals surface area contributed by atoms with Crippen molar-refractivity contribution >= 4 is 44.8 Å². The largest absolute Gasteiger partial charge is 0.497 e. The van der Waals surface area contributed by atoms with E-state index in [1.54, 1.807) is 18.4 Å². The van der Waals surface area contributed by atoms with E-state index in [1.807, 2.05) is 42.5 Å². The number of hydrogen-bond donors (Lipinski definition) is 1. The van der Waals surface area contributed by atoms with Gasteiger partial charge < -0.3 is 20.3 Å². The van der Waals surface area contributed by atoms with Gasteiger partial charge in [0.15, 0.2) is 5.13 Å². The molecule has 1 aromatic heterocycles. The van der Waals surface area contributed by atoms with Crippen LogP contribution in [0.2, 0.25) is 0 Å². The first-order chi connectivity index (χ1) is 12.8. The number of thiazole rings is 1. The highest BCUT2D eigenvalue weighted by atomic mass is 35.5. The molecule has 2 heterocycles. The monoisotopic (exact) mass is 423 g/mol. The van der Waals surface area contributed by atoms with Gasteiger partial charge in [-0.25, -0.2) is 4.98 Å². The van der Waals surface area contributed by atoms with Crippen molar-refractivity contribution in [3.8, 4) is 11.5 Å². The number of nitrogens with zero attached hydrogens (tertiary/aromatic N) is 2. The number of likely N-dealkylation sites (tertiary alicyclic amines) is 1. The van der Waals surface area contributed by atoms with Crippen LogP contribution in [0.5, 0.6) is 11.5 Å². The standard InChI is InChI=1S/C20H23N3O2S.ClH.H2O/c1-24-17-8-9-19-18(14-17)22-20(26-19)21-15-4-6-16(7-5-15)25-13-12-23-10-2-3-11-23;;/h4-9,14H,2-3,10-13H2,1H3,(H,21,22);1H;1H2. The van der Waals surface area contributed by atoms with Gasteiger partial charge in [-0.1, -0.05) is 11.3 Å². The number of ether oxygens (including phenoxy) is 2.